The predicted molar refractivity (Wildman–Crippen MR) is 127 cm³/mol. The quantitative estimate of drug-likeness (QED) is 0.592. The van der Waals surface area contributed by atoms with Crippen LogP contribution < -0.4 is 5.32 Å². The average molecular weight is 460 g/mol. The molecule has 2 fully saturated rings. The first-order valence-corrected chi connectivity index (χ1v) is 11.7. The van der Waals surface area contributed by atoms with Gasteiger partial charge >= 0.3 is 5.97 Å². The summed E-state index contributed by atoms with van der Waals surface area (Å²) in [5.41, 5.74) is 2.67. The van der Waals surface area contributed by atoms with Crippen LogP contribution in [0.3, 0.4) is 0 Å². The van der Waals surface area contributed by atoms with Gasteiger partial charge in [0, 0.05) is 71.0 Å². The van der Waals surface area contributed by atoms with Crippen LogP contribution in [0.2, 0.25) is 0 Å². The lowest BCUT2D eigenvalue weighted by Gasteiger charge is -2.37. The number of carbonyl (C=O) groups is 3. The first-order valence-electron chi connectivity index (χ1n) is 11.7. The van der Waals surface area contributed by atoms with Crippen molar-refractivity contribution in [3.05, 3.63) is 29.3 Å². The number of nitrogens with zero attached hydrogens (tertiary/aromatic N) is 4. The van der Waals surface area contributed by atoms with E-state index < -0.39 is 11.9 Å². The molecule has 2 aliphatic rings. The normalized spacial score (nSPS) is 19.3. The second-order valence-corrected chi connectivity index (χ2v) is 9.32. The van der Waals surface area contributed by atoms with Crippen molar-refractivity contribution in [2.45, 2.75) is 20.3 Å². The number of aryl methyl sites for hydroxylation is 2. The molecule has 0 saturated carbocycles. The van der Waals surface area contributed by atoms with E-state index in [9.17, 15) is 19.5 Å². The summed E-state index contributed by atoms with van der Waals surface area (Å²) in [4.78, 5) is 45.4. The zero-order valence-electron chi connectivity index (χ0n) is 20.0. The molecule has 182 valence electrons. The van der Waals surface area contributed by atoms with Crippen molar-refractivity contribution in [3.8, 4) is 0 Å². The lowest BCUT2D eigenvalue weighted by molar-refractivity contribution is -0.144. The lowest BCUT2D eigenvalue weighted by atomic mass is 10.0. The van der Waals surface area contributed by atoms with Gasteiger partial charge in [-0.25, -0.2) is 0 Å². The summed E-state index contributed by atoms with van der Waals surface area (Å²) in [6, 6.07) is 5.77. The van der Waals surface area contributed by atoms with Gasteiger partial charge in [0.25, 0.3) is 0 Å². The van der Waals surface area contributed by atoms with Crippen molar-refractivity contribution in [2.24, 2.45) is 5.92 Å². The second-order valence-electron chi connectivity index (χ2n) is 9.32. The molecular formula is C24H37N5O4. The van der Waals surface area contributed by atoms with E-state index in [1.54, 1.807) is 0 Å². The van der Waals surface area contributed by atoms with Gasteiger partial charge in [-0.1, -0.05) is 18.2 Å². The summed E-state index contributed by atoms with van der Waals surface area (Å²) < 4.78 is 0. The van der Waals surface area contributed by atoms with Crippen molar-refractivity contribution in [2.75, 3.05) is 77.8 Å². The third-order valence-corrected chi connectivity index (χ3v) is 6.68. The van der Waals surface area contributed by atoms with E-state index in [0.29, 0.717) is 26.2 Å². The van der Waals surface area contributed by atoms with Crippen molar-refractivity contribution in [1.82, 2.24) is 19.6 Å². The van der Waals surface area contributed by atoms with Gasteiger partial charge in [0.05, 0.1) is 12.5 Å². The highest BCUT2D eigenvalue weighted by molar-refractivity contribution is 5.94. The van der Waals surface area contributed by atoms with E-state index in [1.165, 1.54) is 0 Å². The fourth-order valence-corrected chi connectivity index (χ4v) is 4.44. The Balaban J connectivity index is 1.45. The molecule has 2 aliphatic heterocycles. The number of carboxylic acid groups (broad SMARTS) is 1. The molecule has 0 aromatic heterocycles. The number of rotatable bonds is 8. The number of nitrogens with one attached hydrogen (secondary N) is 1. The van der Waals surface area contributed by atoms with Gasteiger partial charge in [0.15, 0.2) is 0 Å². The molecule has 1 aromatic rings. The van der Waals surface area contributed by atoms with E-state index >= 15 is 0 Å². The predicted octanol–water partition coefficient (Wildman–Crippen LogP) is 0.724. The van der Waals surface area contributed by atoms with Gasteiger partial charge in [0.1, 0.15) is 0 Å². The number of piperazine rings is 2. The Bertz CT molecular complexity index is 825. The summed E-state index contributed by atoms with van der Waals surface area (Å²) in [5, 5.41) is 12.6. The van der Waals surface area contributed by atoms with Crippen LogP contribution >= 0.6 is 0 Å². The van der Waals surface area contributed by atoms with Crippen molar-refractivity contribution in [1.29, 1.82) is 0 Å². The molecule has 0 radical (unpaired) electrons. The van der Waals surface area contributed by atoms with Crippen LogP contribution in [-0.2, 0) is 14.4 Å². The Hall–Kier alpha value is -2.49. The lowest BCUT2D eigenvalue weighted by Crippen LogP contribution is -2.53. The third-order valence-electron chi connectivity index (χ3n) is 6.68. The van der Waals surface area contributed by atoms with Gasteiger partial charge in [-0.15, -0.1) is 0 Å². The van der Waals surface area contributed by atoms with Gasteiger partial charge in [-0.05, 0) is 32.0 Å². The Labute approximate surface area is 196 Å². The number of benzene rings is 1. The van der Waals surface area contributed by atoms with Crippen LogP contribution in [0.5, 0.6) is 0 Å². The Morgan fingerprint density at radius 3 is 2.09 bits per heavy atom. The van der Waals surface area contributed by atoms with E-state index in [4.69, 9.17) is 0 Å². The maximum Gasteiger partial charge on any atom is 0.308 e. The van der Waals surface area contributed by atoms with Crippen LogP contribution in [0.25, 0.3) is 0 Å². The highest BCUT2D eigenvalue weighted by Gasteiger charge is 2.28. The average Bonchev–Trinajstić information content (AvgIpc) is 2.77. The third kappa shape index (κ3) is 7.25. The molecule has 2 heterocycles. The number of aliphatic carboxylic acids is 1. The first-order chi connectivity index (χ1) is 15.7. The molecule has 2 amide bonds. The smallest absolute Gasteiger partial charge is 0.308 e. The molecule has 3 rings (SSSR count). The zero-order valence-corrected chi connectivity index (χ0v) is 20.0. The van der Waals surface area contributed by atoms with Gasteiger partial charge in [-0.2, -0.15) is 0 Å². The summed E-state index contributed by atoms with van der Waals surface area (Å²) in [5.74, 6) is -1.84. The first kappa shape index (κ1) is 25.1. The number of likely N-dealkylation sites (N-methyl/N-ethyl adjacent to an activating group) is 1. The van der Waals surface area contributed by atoms with Crippen molar-refractivity contribution >= 4 is 23.5 Å². The van der Waals surface area contributed by atoms with E-state index in [-0.39, 0.29) is 18.2 Å². The molecule has 33 heavy (non-hydrogen) atoms. The number of hydrogen-bond acceptors (Lipinski definition) is 6. The second kappa shape index (κ2) is 11.6. The topological polar surface area (TPSA) is 96.4 Å². The molecule has 0 bridgehead atoms. The molecule has 0 spiro atoms. The molecular weight excluding hydrogens is 422 g/mol. The zero-order chi connectivity index (χ0) is 24.0. The number of amides is 2. The van der Waals surface area contributed by atoms with Crippen LogP contribution in [0.15, 0.2) is 18.2 Å². The molecule has 9 nitrogen and oxygen atoms in total. The molecule has 1 unspecified atom stereocenters. The standard InChI is InChI=1S/C24H37N5O4/c1-18-5-4-6-19(2)23(18)25-21(30)15-20(24(32)33)16-27-9-11-28(12-10-27)17-22(31)29-13-7-26(3)8-14-29/h4-6,20H,7-17H2,1-3H3,(H,25,30)(H,32,33). The maximum absolute atomic E-state index is 12.6. The van der Waals surface area contributed by atoms with Crippen molar-refractivity contribution < 1.29 is 19.5 Å². The Morgan fingerprint density at radius 1 is 0.939 bits per heavy atom. The number of carbonyl (C=O) groups excluding carboxylic acids is 2. The summed E-state index contributed by atoms with van der Waals surface area (Å²) in [6.07, 6.45) is -0.0643. The molecule has 2 N–H and O–H groups in total. The molecule has 9 heteroatoms. The van der Waals surface area contributed by atoms with E-state index in [2.05, 4.69) is 27.1 Å². The van der Waals surface area contributed by atoms with E-state index in [0.717, 1.165) is 56.1 Å². The van der Waals surface area contributed by atoms with Gasteiger partial charge in [0.2, 0.25) is 11.8 Å². The number of carboxylic acids is 1. The minimum atomic E-state index is -0.959. The summed E-state index contributed by atoms with van der Waals surface area (Å²) in [7, 11) is 2.07. The van der Waals surface area contributed by atoms with Gasteiger partial charge in [-0.3, -0.25) is 24.2 Å². The highest BCUT2D eigenvalue weighted by atomic mass is 16.4. The fourth-order valence-electron chi connectivity index (χ4n) is 4.44. The number of anilines is 1. The fraction of sp³-hybridized carbons (Fsp3) is 0.625. The molecule has 2 saturated heterocycles. The Kier molecular flexibility index (Phi) is 8.82. The van der Waals surface area contributed by atoms with Crippen LogP contribution in [0.4, 0.5) is 5.69 Å². The maximum atomic E-state index is 12.6. The van der Waals surface area contributed by atoms with Crippen molar-refractivity contribution in [3.63, 3.8) is 0 Å². The van der Waals surface area contributed by atoms with Crippen LogP contribution in [-0.4, -0.2) is 115 Å². The van der Waals surface area contributed by atoms with Crippen LogP contribution in [0.1, 0.15) is 17.5 Å². The number of para-hydroxylation sites is 1. The SMILES string of the molecule is Cc1cccc(C)c1NC(=O)CC(CN1CCN(CC(=O)N2CCN(C)CC2)CC1)C(=O)O. The minimum absolute atomic E-state index is 0.0643. The summed E-state index contributed by atoms with van der Waals surface area (Å²) in [6.45, 7) is 10.8. The molecule has 1 atom stereocenters. The van der Waals surface area contributed by atoms with Gasteiger partial charge < -0.3 is 20.2 Å². The minimum Gasteiger partial charge on any atom is -0.481 e. The monoisotopic (exact) mass is 459 g/mol. The number of hydrogen-bond donors (Lipinski definition) is 2. The summed E-state index contributed by atoms with van der Waals surface area (Å²) >= 11 is 0. The molecule has 1 aromatic carbocycles. The molecule has 0 aliphatic carbocycles. The highest BCUT2D eigenvalue weighted by Crippen LogP contribution is 2.20. The Morgan fingerprint density at radius 2 is 1.52 bits per heavy atom. The largest absolute Gasteiger partial charge is 0.481 e. The van der Waals surface area contributed by atoms with E-state index in [1.807, 2.05) is 36.9 Å². The van der Waals surface area contributed by atoms with Crippen LogP contribution in [0, 0.1) is 19.8 Å².